The van der Waals surface area contributed by atoms with Gasteiger partial charge in [-0.15, -0.1) is 11.7 Å². The summed E-state index contributed by atoms with van der Waals surface area (Å²) in [4.78, 5) is 1.31. The van der Waals surface area contributed by atoms with Crippen LogP contribution in [0.3, 0.4) is 0 Å². The molecule has 0 saturated carbocycles. The minimum Gasteiger partial charge on any atom is -0.497 e. The molecular weight excluding hydrogens is 316 g/mol. The smallest absolute Gasteiger partial charge is 0.205 e. The first kappa shape index (κ1) is 16.7. The van der Waals surface area contributed by atoms with Gasteiger partial charge in [-0.3, -0.25) is 0 Å². The molecule has 0 aliphatic heterocycles. The van der Waals surface area contributed by atoms with Gasteiger partial charge in [0.1, 0.15) is 12.3 Å². The van der Waals surface area contributed by atoms with Crippen LogP contribution in [0.2, 0.25) is 0 Å². The zero-order valence-electron chi connectivity index (χ0n) is 12.8. The van der Waals surface area contributed by atoms with Crippen LogP contribution < -0.4 is 15.0 Å². The summed E-state index contributed by atoms with van der Waals surface area (Å²) >= 11 is 6.85. The molecule has 0 aliphatic rings. The highest BCUT2D eigenvalue weighted by atomic mass is 32.1. The van der Waals surface area contributed by atoms with E-state index in [1.54, 1.807) is 13.2 Å². The van der Waals surface area contributed by atoms with Crippen LogP contribution in [-0.2, 0) is 13.2 Å². The van der Waals surface area contributed by atoms with Crippen LogP contribution >= 0.6 is 23.6 Å². The molecule has 1 heterocycles. The van der Waals surface area contributed by atoms with Gasteiger partial charge in [0, 0.05) is 12.1 Å². The summed E-state index contributed by atoms with van der Waals surface area (Å²) < 4.78 is 7.82. The van der Waals surface area contributed by atoms with E-state index in [0.717, 1.165) is 28.0 Å². The van der Waals surface area contributed by atoms with E-state index < -0.39 is 0 Å². The molecule has 0 spiro atoms. The van der Waals surface area contributed by atoms with Gasteiger partial charge in [0.15, 0.2) is 10.6 Å². The van der Waals surface area contributed by atoms with Crippen molar-refractivity contribution in [3.8, 4) is 5.75 Å². The average Bonchev–Trinajstić information content (AvgIpc) is 2.86. The highest BCUT2D eigenvalue weighted by Crippen LogP contribution is 2.13. The monoisotopic (exact) mass is 337 g/mol. The van der Waals surface area contributed by atoms with Crippen molar-refractivity contribution in [3.63, 3.8) is 0 Å². The Kier molecular flexibility index (Phi) is 6.11. The third kappa shape index (κ3) is 4.66. The second-order valence-electron chi connectivity index (χ2n) is 4.98. The van der Waals surface area contributed by atoms with Gasteiger partial charge < -0.3 is 15.0 Å². The van der Waals surface area contributed by atoms with Crippen LogP contribution in [0.5, 0.6) is 5.75 Å². The molecule has 1 atom stereocenters. The summed E-state index contributed by atoms with van der Waals surface area (Å²) in [6.07, 6.45) is 1.80. The SMILES string of the molecule is C=CCNc1nn(C[NH+](C)Cc2ccc(OC)cc2)c(=S)s1. The summed E-state index contributed by atoms with van der Waals surface area (Å²) in [5.74, 6) is 0.876. The number of hydrogen-bond donors (Lipinski definition) is 2. The molecule has 5 nitrogen and oxygen atoms in total. The molecule has 0 bridgehead atoms. The maximum Gasteiger partial charge on any atom is 0.205 e. The van der Waals surface area contributed by atoms with Crippen LogP contribution in [-0.4, -0.2) is 30.5 Å². The number of rotatable bonds is 8. The molecule has 0 fully saturated rings. The van der Waals surface area contributed by atoms with Gasteiger partial charge in [0.05, 0.1) is 14.2 Å². The lowest BCUT2D eigenvalue weighted by atomic mass is 10.2. The summed E-state index contributed by atoms with van der Waals surface area (Å²) in [5.41, 5.74) is 1.25. The van der Waals surface area contributed by atoms with Crippen LogP contribution in [0, 0.1) is 3.95 Å². The largest absolute Gasteiger partial charge is 0.497 e. The first-order valence-electron chi connectivity index (χ1n) is 6.99. The van der Waals surface area contributed by atoms with Crippen molar-refractivity contribution >= 4 is 28.7 Å². The van der Waals surface area contributed by atoms with Crippen molar-refractivity contribution in [1.82, 2.24) is 9.78 Å². The third-order valence-corrected chi connectivity index (χ3v) is 4.35. The predicted octanol–water partition coefficient (Wildman–Crippen LogP) is 1.95. The summed E-state index contributed by atoms with van der Waals surface area (Å²) in [5, 5.41) is 8.49. The van der Waals surface area contributed by atoms with Gasteiger partial charge >= 0.3 is 0 Å². The van der Waals surface area contributed by atoms with E-state index in [-0.39, 0.29) is 0 Å². The summed E-state index contributed by atoms with van der Waals surface area (Å²) in [7, 11) is 3.80. The first-order valence-corrected chi connectivity index (χ1v) is 8.22. The van der Waals surface area contributed by atoms with E-state index >= 15 is 0 Å². The molecule has 0 aliphatic carbocycles. The Morgan fingerprint density at radius 3 is 2.82 bits per heavy atom. The first-order chi connectivity index (χ1) is 10.6. The van der Waals surface area contributed by atoms with Crippen LogP contribution in [0.4, 0.5) is 5.13 Å². The fraction of sp³-hybridized carbons (Fsp3) is 0.333. The Morgan fingerprint density at radius 2 is 2.18 bits per heavy atom. The van der Waals surface area contributed by atoms with E-state index in [9.17, 15) is 0 Å². The lowest BCUT2D eigenvalue weighted by Crippen LogP contribution is -3.07. The van der Waals surface area contributed by atoms with E-state index in [0.29, 0.717) is 6.54 Å². The molecule has 1 aromatic carbocycles. The maximum atomic E-state index is 5.36. The zero-order valence-corrected chi connectivity index (χ0v) is 14.5. The van der Waals surface area contributed by atoms with E-state index in [1.807, 2.05) is 16.8 Å². The van der Waals surface area contributed by atoms with Crippen molar-refractivity contribution in [2.75, 3.05) is 26.0 Å². The fourth-order valence-electron chi connectivity index (χ4n) is 2.04. The van der Waals surface area contributed by atoms with Gasteiger partial charge in [-0.05, 0) is 36.5 Å². The predicted molar refractivity (Wildman–Crippen MR) is 93.2 cm³/mol. The Hall–Kier alpha value is -1.70. The Bertz CT molecular complexity index is 663. The van der Waals surface area contributed by atoms with Gasteiger partial charge in [-0.1, -0.05) is 17.4 Å². The summed E-state index contributed by atoms with van der Waals surface area (Å²) in [6, 6.07) is 8.13. The molecule has 118 valence electrons. The van der Waals surface area contributed by atoms with Crippen molar-refractivity contribution in [3.05, 3.63) is 46.4 Å². The Labute approximate surface area is 139 Å². The number of benzene rings is 1. The number of ether oxygens (including phenoxy) is 1. The number of nitrogens with zero attached hydrogens (tertiary/aromatic N) is 2. The lowest BCUT2D eigenvalue weighted by molar-refractivity contribution is -0.917. The van der Waals surface area contributed by atoms with Crippen LogP contribution in [0.1, 0.15) is 5.56 Å². The maximum absolute atomic E-state index is 5.36. The molecule has 0 radical (unpaired) electrons. The fourth-order valence-corrected chi connectivity index (χ4v) is 3.05. The van der Waals surface area contributed by atoms with Crippen molar-refractivity contribution in [2.45, 2.75) is 13.2 Å². The minimum atomic E-state index is 0.691. The second-order valence-corrected chi connectivity index (χ2v) is 6.60. The molecule has 22 heavy (non-hydrogen) atoms. The molecule has 0 saturated heterocycles. The molecule has 1 unspecified atom stereocenters. The quantitative estimate of drug-likeness (QED) is 0.571. The van der Waals surface area contributed by atoms with Gasteiger partial charge in [0.25, 0.3) is 0 Å². The van der Waals surface area contributed by atoms with Crippen LogP contribution in [0.15, 0.2) is 36.9 Å². The highest BCUT2D eigenvalue weighted by molar-refractivity contribution is 7.73. The molecule has 2 aromatic rings. The van der Waals surface area contributed by atoms with E-state index in [1.165, 1.54) is 21.8 Å². The number of aromatic nitrogens is 2. The van der Waals surface area contributed by atoms with Gasteiger partial charge in [0.2, 0.25) is 5.13 Å². The van der Waals surface area contributed by atoms with E-state index in [4.69, 9.17) is 17.0 Å². The summed E-state index contributed by atoms with van der Waals surface area (Å²) in [6.45, 7) is 6.01. The number of hydrogen-bond acceptors (Lipinski definition) is 5. The standard InChI is InChI=1S/C15H20N4OS2/c1-4-9-16-14-17-19(15(21)22-14)11-18(2)10-12-5-7-13(20-3)8-6-12/h4-8H,1,9-11H2,2-3H3,(H,16,17)/p+1. The highest BCUT2D eigenvalue weighted by Gasteiger charge is 2.09. The topological polar surface area (TPSA) is 43.5 Å². The number of nitrogens with one attached hydrogen (secondary N) is 2. The van der Waals surface area contributed by atoms with Gasteiger partial charge in [-0.25, -0.2) is 0 Å². The molecule has 7 heteroatoms. The lowest BCUT2D eigenvalue weighted by Gasteiger charge is -2.14. The Morgan fingerprint density at radius 1 is 1.45 bits per heavy atom. The second kappa shape index (κ2) is 8.07. The molecule has 2 rings (SSSR count). The Balaban J connectivity index is 1.96. The minimum absolute atomic E-state index is 0.691. The third-order valence-electron chi connectivity index (χ3n) is 3.09. The van der Waals surface area contributed by atoms with E-state index in [2.05, 4.69) is 36.2 Å². The van der Waals surface area contributed by atoms with Crippen molar-refractivity contribution in [2.24, 2.45) is 0 Å². The number of quaternary nitrogens is 1. The van der Waals surface area contributed by atoms with Crippen LogP contribution in [0.25, 0.3) is 0 Å². The normalized spacial score (nSPS) is 11.9. The number of methoxy groups -OCH3 is 1. The van der Waals surface area contributed by atoms with Crippen molar-refractivity contribution < 1.29 is 9.64 Å². The molecule has 1 aromatic heterocycles. The molecular formula is C15H21N4OS2+. The van der Waals surface area contributed by atoms with Crippen molar-refractivity contribution in [1.29, 1.82) is 0 Å². The average molecular weight is 337 g/mol. The van der Waals surface area contributed by atoms with Gasteiger partial charge in [-0.2, -0.15) is 4.68 Å². The molecule has 0 amide bonds. The zero-order chi connectivity index (χ0) is 15.9. The number of anilines is 1. The molecule has 2 N–H and O–H groups in total.